The lowest BCUT2D eigenvalue weighted by molar-refractivity contribution is -0.224. The minimum absolute atomic E-state index is 0.0356. The standard InChI is InChI=1S/C29H42O5/c1-17(30)33-19-16-21-26(4)12-10-22(31)25(2,3)20(26)9-14-27(21,5)28(6)13-8-18(24(19)28)29(7)15-11-23(32)34-29/h10,12,18-21,24H,8-9,11,13-16H2,1-7H3/t18-,19+,20-,21+,24-,26-,27+,28+,29-/m0/s1. The fraction of sp³-hybridized carbons (Fsp3) is 0.828. The Hall–Kier alpha value is -1.65. The number of rotatable bonds is 2. The van der Waals surface area contributed by atoms with Crippen molar-refractivity contribution in [3.8, 4) is 0 Å². The van der Waals surface area contributed by atoms with Gasteiger partial charge in [0.05, 0.1) is 0 Å². The topological polar surface area (TPSA) is 69.7 Å². The van der Waals surface area contributed by atoms with Crippen LogP contribution in [-0.2, 0) is 23.9 Å². The molecule has 3 saturated carbocycles. The number of carbonyl (C=O) groups is 3. The first kappa shape index (κ1) is 24.1. The number of hydrogen-bond acceptors (Lipinski definition) is 5. The van der Waals surface area contributed by atoms with Crippen molar-refractivity contribution in [1.29, 1.82) is 0 Å². The van der Waals surface area contributed by atoms with Gasteiger partial charge in [0.25, 0.3) is 0 Å². The highest BCUT2D eigenvalue weighted by Gasteiger charge is 2.72. The zero-order valence-corrected chi connectivity index (χ0v) is 22.0. The number of carbonyl (C=O) groups excluding carboxylic acids is 3. The molecule has 5 heteroatoms. The number of ketones is 1. The average molecular weight is 471 g/mol. The maximum absolute atomic E-state index is 12.9. The Balaban J connectivity index is 1.61. The number of esters is 2. The van der Waals surface area contributed by atoms with Gasteiger partial charge in [0, 0.05) is 30.6 Å². The molecule has 188 valence electrons. The van der Waals surface area contributed by atoms with Gasteiger partial charge in [-0.1, -0.05) is 40.7 Å². The van der Waals surface area contributed by atoms with Crippen molar-refractivity contribution in [2.75, 3.05) is 0 Å². The second-order valence-electron chi connectivity index (χ2n) is 13.6. The molecule has 0 aromatic heterocycles. The van der Waals surface area contributed by atoms with Crippen molar-refractivity contribution in [2.24, 2.45) is 45.3 Å². The molecule has 4 aliphatic carbocycles. The van der Waals surface area contributed by atoms with Gasteiger partial charge in [0.1, 0.15) is 11.7 Å². The molecule has 1 heterocycles. The van der Waals surface area contributed by atoms with Crippen molar-refractivity contribution in [1.82, 2.24) is 0 Å². The molecule has 0 amide bonds. The Kier molecular flexibility index (Phi) is 5.09. The smallest absolute Gasteiger partial charge is 0.306 e. The Labute approximate surface area is 204 Å². The number of ether oxygens (including phenoxy) is 2. The first-order chi connectivity index (χ1) is 15.7. The molecule has 4 fully saturated rings. The molecule has 5 rings (SSSR count). The van der Waals surface area contributed by atoms with E-state index in [1.54, 1.807) is 0 Å². The first-order valence-corrected chi connectivity index (χ1v) is 13.3. The van der Waals surface area contributed by atoms with Gasteiger partial charge in [-0.3, -0.25) is 14.4 Å². The van der Waals surface area contributed by atoms with Gasteiger partial charge in [-0.05, 0) is 79.6 Å². The Bertz CT molecular complexity index is 966. The minimum Gasteiger partial charge on any atom is -0.462 e. The van der Waals surface area contributed by atoms with Gasteiger partial charge < -0.3 is 9.47 Å². The van der Waals surface area contributed by atoms with Gasteiger partial charge in [0.2, 0.25) is 0 Å². The lowest BCUT2D eigenvalue weighted by atomic mass is 9.36. The van der Waals surface area contributed by atoms with Gasteiger partial charge >= 0.3 is 11.9 Å². The van der Waals surface area contributed by atoms with Crippen molar-refractivity contribution in [2.45, 2.75) is 105 Å². The summed E-state index contributed by atoms with van der Waals surface area (Å²) < 4.78 is 12.1. The highest BCUT2D eigenvalue weighted by Crippen LogP contribution is 2.75. The van der Waals surface area contributed by atoms with E-state index in [-0.39, 0.29) is 63.2 Å². The van der Waals surface area contributed by atoms with E-state index < -0.39 is 5.60 Å². The zero-order chi connectivity index (χ0) is 24.9. The number of cyclic esters (lactones) is 1. The molecule has 1 saturated heterocycles. The number of hydrogen-bond donors (Lipinski definition) is 0. The van der Waals surface area contributed by atoms with Crippen LogP contribution >= 0.6 is 0 Å². The molecule has 5 aliphatic rings. The molecule has 0 radical (unpaired) electrons. The van der Waals surface area contributed by atoms with E-state index in [1.165, 1.54) is 6.92 Å². The summed E-state index contributed by atoms with van der Waals surface area (Å²) in [6.07, 6.45) is 10.00. The van der Waals surface area contributed by atoms with Crippen LogP contribution in [0.1, 0.15) is 93.4 Å². The fourth-order valence-corrected chi connectivity index (χ4v) is 10.0. The molecule has 5 nitrogen and oxygen atoms in total. The highest BCUT2D eigenvalue weighted by atomic mass is 16.6. The summed E-state index contributed by atoms with van der Waals surface area (Å²) in [4.78, 5) is 37.4. The van der Waals surface area contributed by atoms with Crippen LogP contribution in [0.25, 0.3) is 0 Å². The van der Waals surface area contributed by atoms with E-state index in [9.17, 15) is 14.4 Å². The van der Waals surface area contributed by atoms with E-state index >= 15 is 0 Å². The Morgan fingerprint density at radius 3 is 2.26 bits per heavy atom. The van der Waals surface area contributed by atoms with Crippen LogP contribution in [0.3, 0.4) is 0 Å². The van der Waals surface area contributed by atoms with Crippen LogP contribution in [0, 0.1) is 45.3 Å². The van der Waals surface area contributed by atoms with Crippen molar-refractivity contribution in [3.05, 3.63) is 12.2 Å². The van der Waals surface area contributed by atoms with Crippen LogP contribution in [0.15, 0.2) is 12.2 Å². The summed E-state index contributed by atoms with van der Waals surface area (Å²) in [7, 11) is 0. The molecule has 9 atom stereocenters. The quantitative estimate of drug-likeness (QED) is 0.488. The van der Waals surface area contributed by atoms with Gasteiger partial charge in [-0.2, -0.15) is 0 Å². The van der Waals surface area contributed by atoms with Gasteiger partial charge in [0.15, 0.2) is 5.78 Å². The lowest BCUT2D eigenvalue weighted by Crippen LogP contribution is -2.65. The molecular weight excluding hydrogens is 428 g/mol. The summed E-state index contributed by atoms with van der Waals surface area (Å²) >= 11 is 0. The third kappa shape index (κ3) is 2.94. The number of fused-ring (bicyclic) bond motifs is 5. The van der Waals surface area contributed by atoms with Crippen LogP contribution in [0.5, 0.6) is 0 Å². The second kappa shape index (κ2) is 7.20. The predicted octanol–water partition coefficient (Wildman–Crippen LogP) is 5.65. The predicted molar refractivity (Wildman–Crippen MR) is 129 cm³/mol. The molecule has 34 heavy (non-hydrogen) atoms. The monoisotopic (exact) mass is 470 g/mol. The van der Waals surface area contributed by atoms with Crippen molar-refractivity contribution < 1.29 is 23.9 Å². The fourth-order valence-electron chi connectivity index (χ4n) is 10.0. The molecule has 1 aliphatic heterocycles. The van der Waals surface area contributed by atoms with E-state index in [0.29, 0.717) is 12.3 Å². The van der Waals surface area contributed by atoms with Gasteiger partial charge in [-0.15, -0.1) is 0 Å². The van der Waals surface area contributed by atoms with E-state index in [0.717, 1.165) is 38.5 Å². The minimum atomic E-state index is -0.485. The van der Waals surface area contributed by atoms with E-state index in [1.807, 2.05) is 6.08 Å². The summed E-state index contributed by atoms with van der Waals surface area (Å²) in [5.41, 5.74) is -0.983. The average Bonchev–Trinajstić information content (AvgIpc) is 3.28. The summed E-state index contributed by atoms with van der Waals surface area (Å²) in [6.45, 7) is 15.1. The van der Waals surface area contributed by atoms with Crippen molar-refractivity contribution >= 4 is 17.7 Å². The van der Waals surface area contributed by atoms with Crippen LogP contribution < -0.4 is 0 Å². The largest absolute Gasteiger partial charge is 0.462 e. The first-order valence-electron chi connectivity index (χ1n) is 13.3. The number of allylic oxidation sites excluding steroid dienone is 2. The van der Waals surface area contributed by atoms with E-state index in [4.69, 9.17) is 9.47 Å². The summed E-state index contributed by atoms with van der Waals surface area (Å²) in [6, 6.07) is 0. The lowest BCUT2D eigenvalue weighted by Gasteiger charge is -2.68. The highest BCUT2D eigenvalue weighted by molar-refractivity contribution is 5.95. The maximum Gasteiger partial charge on any atom is 0.306 e. The molecule has 0 bridgehead atoms. The zero-order valence-electron chi connectivity index (χ0n) is 22.0. The molecule has 0 unspecified atom stereocenters. The van der Waals surface area contributed by atoms with Crippen LogP contribution in [0.2, 0.25) is 0 Å². The molecule has 0 spiro atoms. The third-order valence-corrected chi connectivity index (χ3v) is 11.9. The Morgan fingerprint density at radius 1 is 0.971 bits per heavy atom. The molecule has 0 N–H and O–H groups in total. The summed E-state index contributed by atoms with van der Waals surface area (Å²) in [5.74, 6) is 0.832. The molecule has 0 aromatic rings. The summed E-state index contributed by atoms with van der Waals surface area (Å²) in [5, 5.41) is 0. The second-order valence-corrected chi connectivity index (χ2v) is 13.6. The van der Waals surface area contributed by atoms with E-state index in [2.05, 4.69) is 47.6 Å². The van der Waals surface area contributed by atoms with Gasteiger partial charge in [-0.25, -0.2) is 0 Å². The van der Waals surface area contributed by atoms with Crippen LogP contribution in [-0.4, -0.2) is 29.4 Å². The Morgan fingerprint density at radius 2 is 1.65 bits per heavy atom. The van der Waals surface area contributed by atoms with Crippen molar-refractivity contribution in [3.63, 3.8) is 0 Å². The molecular formula is C29H42O5. The third-order valence-electron chi connectivity index (χ3n) is 11.9. The molecule has 0 aromatic carbocycles. The van der Waals surface area contributed by atoms with Crippen LogP contribution in [0.4, 0.5) is 0 Å². The SMILES string of the molecule is CC(=O)O[C@@H]1C[C@@H]2[C@@]3(C)C=CC(=O)C(C)(C)[C@@H]3CC[C@@]2(C)[C@]2(C)CC[C@H]([C@]3(C)CCC(=O)O3)[C@@H]12. The maximum atomic E-state index is 12.9. The normalized spacial score (nSPS) is 51.3.